The molecule has 1 heterocycles. The number of carboxylic acids is 1. The van der Waals surface area contributed by atoms with Crippen LogP contribution in [0.25, 0.3) is 10.9 Å². The smallest absolute Gasteiger partial charge is 0.338 e. The molecule has 0 spiro atoms. The maximum Gasteiger partial charge on any atom is 0.338 e. The minimum atomic E-state index is -1.14. The molecule has 80 valence electrons. The molecule has 1 aromatic carbocycles. The van der Waals surface area contributed by atoms with E-state index >= 15 is 0 Å². The molecule has 0 aliphatic heterocycles. The summed E-state index contributed by atoms with van der Waals surface area (Å²) >= 11 is 0. The minimum Gasteiger partial charge on any atom is -0.478 e. The first-order valence-corrected chi connectivity index (χ1v) is 4.73. The number of nitrogens with zero attached hydrogens (tertiary/aromatic N) is 1. The number of benzene rings is 1. The molecule has 4 heteroatoms. The highest BCUT2D eigenvalue weighted by atomic mass is 16.4. The lowest BCUT2D eigenvalue weighted by atomic mass is 10.0. The van der Waals surface area contributed by atoms with Gasteiger partial charge in [-0.05, 0) is 13.0 Å². The summed E-state index contributed by atoms with van der Waals surface area (Å²) in [4.78, 5) is 26.5. The van der Waals surface area contributed by atoms with Gasteiger partial charge in [-0.15, -0.1) is 0 Å². The van der Waals surface area contributed by atoms with Gasteiger partial charge in [0.05, 0.1) is 11.1 Å². The first-order valence-electron chi connectivity index (χ1n) is 4.73. The third kappa shape index (κ3) is 1.54. The van der Waals surface area contributed by atoms with Crippen LogP contribution >= 0.6 is 0 Å². The number of Topliss-reactive ketones (excluding diaryl/α,β-unsaturated/α-hetero) is 1. The third-order valence-corrected chi connectivity index (χ3v) is 2.36. The summed E-state index contributed by atoms with van der Waals surface area (Å²) in [6, 6.07) is 6.99. The average molecular weight is 215 g/mol. The summed E-state index contributed by atoms with van der Waals surface area (Å²) in [5.41, 5.74) is 0.794. The predicted octanol–water partition coefficient (Wildman–Crippen LogP) is 2.14. The molecule has 1 aromatic heterocycles. The Morgan fingerprint density at radius 3 is 2.56 bits per heavy atom. The number of pyridine rings is 1. The maximum absolute atomic E-state index is 11.5. The van der Waals surface area contributed by atoms with E-state index in [0.29, 0.717) is 10.9 Å². The number of hydrogen-bond acceptors (Lipinski definition) is 3. The molecule has 4 nitrogen and oxygen atoms in total. The van der Waals surface area contributed by atoms with Gasteiger partial charge in [0.15, 0.2) is 5.78 Å². The zero-order valence-corrected chi connectivity index (χ0v) is 8.60. The van der Waals surface area contributed by atoms with Crippen LogP contribution in [0.5, 0.6) is 0 Å². The molecule has 0 saturated heterocycles. The monoisotopic (exact) mass is 215 g/mol. The fraction of sp³-hybridized carbons (Fsp3) is 0.0833. The molecule has 0 radical (unpaired) electrons. The quantitative estimate of drug-likeness (QED) is 0.779. The van der Waals surface area contributed by atoms with Gasteiger partial charge in [0.1, 0.15) is 0 Å². The number of rotatable bonds is 2. The van der Waals surface area contributed by atoms with Crippen molar-refractivity contribution in [1.82, 2.24) is 4.98 Å². The molecule has 0 atom stereocenters. The van der Waals surface area contributed by atoms with E-state index in [1.807, 2.05) is 0 Å². The summed E-state index contributed by atoms with van der Waals surface area (Å²) in [6.45, 7) is 1.36. The molecule has 16 heavy (non-hydrogen) atoms. The van der Waals surface area contributed by atoms with Gasteiger partial charge in [-0.1, -0.05) is 18.2 Å². The molecular formula is C12H9NO3. The van der Waals surface area contributed by atoms with Crippen LogP contribution in [0.2, 0.25) is 0 Å². The lowest BCUT2D eigenvalue weighted by molar-refractivity contribution is 0.0692. The Morgan fingerprint density at radius 1 is 1.25 bits per heavy atom. The SMILES string of the molecule is CC(=O)c1c(C(=O)O)cnc2ccccc12. The number of aromatic carboxylic acids is 1. The Kier molecular flexibility index (Phi) is 2.40. The Hall–Kier alpha value is -2.23. The summed E-state index contributed by atoms with van der Waals surface area (Å²) < 4.78 is 0. The summed E-state index contributed by atoms with van der Waals surface area (Å²) in [5, 5.41) is 9.56. The lowest BCUT2D eigenvalue weighted by Crippen LogP contribution is -2.07. The first kappa shape index (κ1) is 10.3. The second kappa shape index (κ2) is 3.73. The van der Waals surface area contributed by atoms with Crippen molar-refractivity contribution in [2.45, 2.75) is 6.92 Å². The zero-order valence-electron chi connectivity index (χ0n) is 8.60. The number of aromatic nitrogens is 1. The van der Waals surface area contributed by atoms with E-state index in [2.05, 4.69) is 4.98 Å². The van der Waals surface area contributed by atoms with Crippen LogP contribution in [0.1, 0.15) is 27.6 Å². The van der Waals surface area contributed by atoms with E-state index in [1.165, 1.54) is 13.1 Å². The van der Waals surface area contributed by atoms with Crippen molar-refractivity contribution in [3.05, 3.63) is 41.6 Å². The number of fused-ring (bicyclic) bond motifs is 1. The number of carbonyl (C=O) groups excluding carboxylic acids is 1. The Labute approximate surface area is 91.5 Å². The van der Waals surface area contributed by atoms with Crippen LogP contribution in [-0.4, -0.2) is 21.8 Å². The fourth-order valence-corrected chi connectivity index (χ4v) is 1.68. The largest absolute Gasteiger partial charge is 0.478 e. The van der Waals surface area contributed by atoms with Crippen molar-refractivity contribution in [3.8, 4) is 0 Å². The number of carbonyl (C=O) groups is 2. The molecule has 0 fully saturated rings. The number of ketones is 1. The van der Waals surface area contributed by atoms with Gasteiger partial charge in [-0.2, -0.15) is 0 Å². The molecule has 0 saturated carbocycles. The zero-order chi connectivity index (χ0) is 11.7. The van der Waals surface area contributed by atoms with E-state index in [0.717, 1.165) is 0 Å². The maximum atomic E-state index is 11.5. The van der Waals surface area contributed by atoms with Gasteiger partial charge < -0.3 is 5.11 Å². The van der Waals surface area contributed by atoms with E-state index in [9.17, 15) is 9.59 Å². The second-order valence-corrected chi connectivity index (χ2v) is 3.43. The molecular weight excluding hydrogens is 206 g/mol. The van der Waals surface area contributed by atoms with Gasteiger partial charge in [0.25, 0.3) is 0 Å². The van der Waals surface area contributed by atoms with Crippen LogP contribution in [0, 0.1) is 0 Å². The van der Waals surface area contributed by atoms with E-state index < -0.39 is 5.97 Å². The van der Waals surface area contributed by atoms with Crippen LogP contribution in [0.15, 0.2) is 30.5 Å². The Bertz CT molecular complexity index is 590. The molecule has 0 unspecified atom stereocenters. The third-order valence-electron chi connectivity index (χ3n) is 2.36. The van der Waals surface area contributed by atoms with Crippen molar-refractivity contribution in [1.29, 1.82) is 0 Å². The van der Waals surface area contributed by atoms with Gasteiger partial charge in [0, 0.05) is 17.1 Å². The van der Waals surface area contributed by atoms with Crippen molar-refractivity contribution in [2.24, 2.45) is 0 Å². The van der Waals surface area contributed by atoms with Gasteiger partial charge in [0.2, 0.25) is 0 Å². The molecule has 0 bridgehead atoms. The highest BCUT2D eigenvalue weighted by molar-refractivity contribution is 6.13. The number of carboxylic acid groups (broad SMARTS) is 1. The van der Waals surface area contributed by atoms with Crippen molar-refractivity contribution in [3.63, 3.8) is 0 Å². The Morgan fingerprint density at radius 2 is 1.94 bits per heavy atom. The fourth-order valence-electron chi connectivity index (χ4n) is 1.68. The normalized spacial score (nSPS) is 10.3. The van der Waals surface area contributed by atoms with E-state index in [1.54, 1.807) is 24.3 Å². The molecule has 0 aliphatic rings. The molecule has 1 N–H and O–H groups in total. The van der Waals surface area contributed by atoms with Crippen LogP contribution in [0.4, 0.5) is 0 Å². The summed E-state index contributed by atoms with van der Waals surface area (Å²) in [7, 11) is 0. The first-order chi connectivity index (χ1) is 7.61. The predicted molar refractivity (Wildman–Crippen MR) is 58.7 cm³/mol. The van der Waals surface area contributed by atoms with Crippen molar-refractivity contribution < 1.29 is 14.7 Å². The summed E-state index contributed by atoms with van der Waals surface area (Å²) in [5.74, 6) is -1.40. The van der Waals surface area contributed by atoms with Crippen molar-refractivity contribution in [2.75, 3.05) is 0 Å². The van der Waals surface area contributed by atoms with Crippen LogP contribution in [0.3, 0.4) is 0 Å². The van der Waals surface area contributed by atoms with E-state index in [4.69, 9.17) is 5.11 Å². The van der Waals surface area contributed by atoms with E-state index in [-0.39, 0.29) is 16.9 Å². The minimum absolute atomic E-state index is 0.0498. The average Bonchev–Trinajstić information content (AvgIpc) is 2.27. The number of para-hydroxylation sites is 1. The molecule has 0 aliphatic carbocycles. The topological polar surface area (TPSA) is 67.3 Å². The van der Waals surface area contributed by atoms with Gasteiger partial charge in [-0.25, -0.2) is 4.79 Å². The highest BCUT2D eigenvalue weighted by Crippen LogP contribution is 2.20. The number of hydrogen-bond donors (Lipinski definition) is 1. The summed E-state index contributed by atoms with van der Waals surface area (Å²) in [6.07, 6.45) is 1.22. The van der Waals surface area contributed by atoms with Crippen LogP contribution in [-0.2, 0) is 0 Å². The van der Waals surface area contributed by atoms with Gasteiger partial charge >= 0.3 is 5.97 Å². The highest BCUT2D eigenvalue weighted by Gasteiger charge is 2.17. The Balaban J connectivity index is 2.90. The lowest BCUT2D eigenvalue weighted by Gasteiger charge is -2.06. The van der Waals surface area contributed by atoms with Crippen molar-refractivity contribution >= 4 is 22.7 Å². The second-order valence-electron chi connectivity index (χ2n) is 3.43. The molecule has 0 amide bonds. The molecule has 2 aromatic rings. The van der Waals surface area contributed by atoms with Crippen LogP contribution < -0.4 is 0 Å². The standard InChI is InChI=1S/C12H9NO3/c1-7(14)11-8-4-2-3-5-10(8)13-6-9(11)12(15)16/h2-6H,1H3,(H,15,16). The molecule has 2 rings (SSSR count). The van der Waals surface area contributed by atoms with Gasteiger partial charge in [-0.3, -0.25) is 9.78 Å².